The zero-order valence-corrected chi connectivity index (χ0v) is 19.2. The van der Waals surface area contributed by atoms with Gasteiger partial charge in [0.05, 0.1) is 35.1 Å². The van der Waals surface area contributed by atoms with Crippen molar-refractivity contribution in [1.29, 1.82) is 0 Å². The van der Waals surface area contributed by atoms with E-state index in [4.69, 9.17) is 4.74 Å². The number of nitrogens with zero attached hydrogens (tertiary/aromatic N) is 2. The Kier molecular flexibility index (Phi) is 4.76. The summed E-state index contributed by atoms with van der Waals surface area (Å²) in [4.78, 5) is 42.7. The van der Waals surface area contributed by atoms with E-state index in [9.17, 15) is 34.1 Å². The number of ether oxygens (including phenoxy) is 1. The van der Waals surface area contributed by atoms with Crippen molar-refractivity contribution in [2.24, 2.45) is 0 Å². The number of phenols is 1. The fourth-order valence-electron chi connectivity index (χ4n) is 5.76. The molecule has 0 bridgehead atoms. The van der Waals surface area contributed by atoms with Crippen molar-refractivity contribution in [3.63, 3.8) is 0 Å². The van der Waals surface area contributed by atoms with Gasteiger partial charge in [-0.3, -0.25) is 9.59 Å². The summed E-state index contributed by atoms with van der Waals surface area (Å²) in [5.74, 6) is -2.75. The number of carbonyl (C=O) groups is 2. The number of amides is 1. The quantitative estimate of drug-likeness (QED) is 0.308. The minimum Gasteiger partial charge on any atom is -0.505 e. The Balaban J connectivity index is 1.66. The number of hydrogen-bond donors (Lipinski definition) is 4. The number of aromatic hydroxyl groups is 1. The lowest BCUT2D eigenvalue weighted by molar-refractivity contribution is -0.172. The molecule has 1 amide bonds. The van der Waals surface area contributed by atoms with Crippen LogP contribution in [0.2, 0.25) is 0 Å². The Morgan fingerprint density at radius 2 is 2.08 bits per heavy atom. The molecule has 4 N–H and O–H groups in total. The van der Waals surface area contributed by atoms with Crippen LogP contribution < -0.4 is 10.9 Å². The van der Waals surface area contributed by atoms with Crippen LogP contribution in [0.3, 0.4) is 0 Å². The number of aliphatic hydroxyl groups is 2. The smallest absolute Gasteiger partial charge is 0.343 e. The molecule has 10 nitrogen and oxygen atoms in total. The van der Waals surface area contributed by atoms with E-state index in [-0.39, 0.29) is 42.6 Å². The molecule has 0 spiro atoms. The van der Waals surface area contributed by atoms with E-state index in [2.05, 4.69) is 10.3 Å². The lowest BCUT2D eigenvalue weighted by atomic mass is 9.82. The molecule has 6 rings (SSSR count). The van der Waals surface area contributed by atoms with Gasteiger partial charge < -0.3 is 29.9 Å². The Bertz CT molecular complexity index is 1580. The van der Waals surface area contributed by atoms with E-state index in [0.29, 0.717) is 39.9 Å². The molecule has 0 radical (unpaired) electrons. The van der Waals surface area contributed by atoms with Crippen LogP contribution in [0.1, 0.15) is 53.6 Å². The number of rotatable bonds is 3. The van der Waals surface area contributed by atoms with Crippen LogP contribution in [-0.4, -0.2) is 43.4 Å². The van der Waals surface area contributed by atoms with Crippen LogP contribution >= 0.6 is 0 Å². The summed E-state index contributed by atoms with van der Waals surface area (Å²) in [6.07, 6.45) is 0.600. The number of carbonyl (C=O) groups excluding carboxylic acids is 2. The van der Waals surface area contributed by atoms with Gasteiger partial charge in [-0.05, 0) is 30.9 Å². The molecule has 0 fully saturated rings. The number of cyclic esters (lactones) is 1. The number of fused-ring (bicyclic) bond motifs is 5. The lowest BCUT2D eigenvalue weighted by Crippen LogP contribution is -2.44. The number of aromatic nitrogens is 2. The Labute approximate surface area is 203 Å². The van der Waals surface area contributed by atoms with E-state index in [0.717, 1.165) is 6.07 Å². The van der Waals surface area contributed by atoms with Gasteiger partial charge in [0.1, 0.15) is 13.2 Å². The summed E-state index contributed by atoms with van der Waals surface area (Å²) < 4.78 is 21.2. The monoisotopic (exact) mass is 495 g/mol. The second-order valence-electron chi connectivity index (χ2n) is 9.35. The largest absolute Gasteiger partial charge is 0.505 e. The number of aliphatic hydroxyl groups excluding tert-OH is 1. The molecule has 4 heterocycles. The fourth-order valence-corrected chi connectivity index (χ4v) is 5.76. The molecule has 2 aromatic heterocycles. The van der Waals surface area contributed by atoms with Crippen molar-refractivity contribution in [1.82, 2.24) is 14.9 Å². The maximum atomic E-state index is 14.6. The van der Waals surface area contributed by atoms with Crippen LogP contribution in [0.15, 0.2) is 16.9 Å². The maximum absolute atomic E-state index is 14.6. The molecule has 11 heteroatoms. The maximum Gasteiger partial charge on any atom is 0.343 e. The number of phenolic OH excluding ortho intramolecular Hbond substituents is 1. The molecule has 0 saturated heterocycles. The first-order valence-corrected chi connectivity index (χ1v) is 11.6. The predicted molar refractivity (Wildman–Crippen MR) is 122 cm³/mol. The van der Waals surface area contributed by atoms with Gasteiger partial charge in [-0.25, -0.2) is 14.2 Å². The first-order valence-electron chi connectivity index (χ1n) is 11.6. The van der Waals surface area contributed by atoms with Gasteiger partial charge >= 0.3 is 5.97 Å². The van der Waals surface area contributed by atoms with E-state index >= 15 is 0 Å². The summed E-state index contributed by atoms with van der Waals surface area (Å²) >= 11 is 0. The Morgan fingerprint density at radius 3 is 2.81 bits per heavy atom. The van der Waals surface area contributed by atoms with Crippen LogP contribution in [0.4, 0.5) is 4.39 Å². The SMILES string of the molecule is CC[C@@]1(O)C(=O)OCc2c1cc1n(c2=O)Cc2c-1nc1cc(F)c(O)c3c1c2[C@@H](NC(=O)CO)CC3. The summed E-state index contributed by atoms with van der Waals surface area (Å²) in [6, 6.07) is 2.09. The van der Waals surface area contributed by atoms with E-state index < -0.39 is 47.3 Å². The van der Waals surface area contributed by atoms with Crippen molar-refractivity contribution >= 4 is 22.8 Å². The molecule has 1 aliphatic carbocycles. The zero-order chi connectivity index (χ0) is 25.5. The molecule has 2 aliphatic heterocycles. The molecule has 0 saturated carbocycles. The van der Waals surface area contributed by atoms with Crippen molar-refractivity contribution in [3.8, 4) is 17.1 Å². The second-order valence-corrected chi connectivity index (χ2v) is 9.35. The third-order valence-electron chi connectivity index (χ3n) is 7.56. The molecule has 1 aromatic carbocycles. The molecule has 3 aromatic rings. The van der Waals surface area contributed by atoms with Crippen LogP contribution in [0, 0.1) is 5.82 Å². The normalized spacial score (nSPS) is 21.6. The highest BCUT2D eigenvalue weighted by molar-refractivity contribution is 5.94. The number of nitrogens with one attached hydrogen (secondary N) is 1. The highest BCUT2D eigenvalue weighted by atomic mass is 19.1. The Hall–Kier alpha value is -3.83. The lowest BCUT2D eigenvalue weighted by Gasteiger charge is -2.31. The van der Waals surface area contributed by atoms with Crippen LogP contribution in [0.25, 0.3) is 22.3 Å². The topological polar surface area (TPSA) is 151 Å². The van der Waals surface area contributed by atoms with Crippen molar-refractivity contribution in [2.45, 2.75) is 51.0 Å². The summed E-state index contributed by atoms with van der Waals surface area (Å²) in [5.41, 5.74) is 0.393. The summed E-state index contributed by atoms with van der Waals surface area (Å²) in [6.45, 7) is 0.698. The number of halogens is 1. The van der Waals surface area contributed by atoms with E-state index in [1.807, 2.05) is 0 Å². The molecule has 0 unspecified atom stereocenters. The van der Waals surface area contributed by atoms with Gasteiger partial charge in [-0.2, -0.15) is 0 Å². The fraction of sp³-hybridized carbons (Fsp3) is 0.360. The van der Waals surface area contributed by atoms with Crippen molar-refractivity contribution < 1.29 is 34.0 Å². The second kappa shape index (κ2) is 7.58. The average Bonchev–Trinajstić information content (AvgIpc) is 3.24. The molecular formula is C25H22FN3O7. The summed E-state index contributed by atoms with van der Waals surface area (Å²) in [5, 5.41) is 34.1. The first-order chi connectivity index (χ1) is 17.2. The average molecular weight is 495 g/mol. The Morgan fingerprint density at radius 1 is 1.31 bits per heavy atom. The third kappa shape index (κ3) is 2.83. The van der Waals surface area contributed by atoms with Crippen LogP contribution in [0.5, 0.6) is 5.75 Å². The van der Waals surface area contributed by atoms with Gasteiger partial charge in [-0.15, -0.1) is 0 Å². The number of hydrogen-bond acceptors (Lipinski definition) is 8. The minimum atomic E-state index is -1.99. The standard InChI is InChI=1S/C25H22FN3O7/c1-2-25(35)13-5-17-21-11(7-29(17)23(33)12(13)9-36-24(25)34)20-15(27-18(31)8-30)4-3-10-19(20)16(28-21)6-14(26)22(10)32/h5-6,15,30,32,35H,2-4,7-9H2,1H3,(H,27,31)/t15-,25-/m0/s1. The molecular weight excluding hydrogens is 473 g/mol. The number of esters is 1. The van der Waals surface area contributed by atoms with Crippen molar-refractivity contribution in [2.75, 3.05) is 6.61 Å². The zero-order valence-electron chi connectivity index (χ0n) is 19.2. The van der Waals surface area contributed by atoms with Crippen LogP contribution in [-0.2, 0) is 39.5 Å². The van der Waals surface area contributed by atoms with Gasteiger partial charge in [0.2, 0.25) is 5.91 Å². The molecule has 36 heavy (non-hydrogen) atoms. The van der Waals surface area contributed by atoms with Gasteiger partial charge in [-0.1, -0.05) is 6.92 Å². The number of aryl methyl sites for hydroxylation is 1. The van der Waals surface area contributed by atoms with Gasteiger partial charge in [0.25, 0.3) is 5.56 Å². The number of benzene rings is 1. The summed E-state index contributed by atoms with van der Waals surface area (Å²) in [7, 11) is 0. The first kappa shape index (κ1) is 22.6. The van der Waals surface area contributed by atoms with E-state index in [1.165, 1.54) is 4.57 Å². The molecule has 186 valence electrons. The van der Waals surface area contributed by atoms with E-state index in [1.54, 1.807) is 13.0 Å². The minimum absolute atomic E-state index is 0.00586. The third-order valence-corrected chi connectivity index (χ3v) is 7.56. The highest BCUT2D eigenvalue weighted by Gasteiger charge is 2.46. The molecule has 3 aliphatic rings. The molecule has 2 atom stereocenters. The number of pyridine rings is 2. The highest BCUT2D eigenvalue weighted by Crippen LogP contribution is 2.47. The van der Waals surface area contributed by atoms with Crippen molar-refractivity contribution in [3.05, 3.63) is 56.1 Å². The van der Waals surface area contributed by atoms with Gasteiger partial charge in [0.15, 0.2) is 17.2 Å². The predicted octanol–water partition coefficient (Wildman–Crippen LogP) is 1.02. The van der Waals surface area contributed by atoms with Gasteiger partial charge in [0, 0.05) is 28.1 Å².